The summed E-state index contributed by atoms with van der Waals surface area (Å²) in [6, 6.07) is 5.86. The zero-order valence-corrected chi connectivity index (χ0v) is 7.52. The SMILES string of the molecule is Fc1ccc(CON(Cl)Cl)cc1. The standard InChI is InChI=1S/C7H6Cl2FNO/c8-11(9)12-5-6-1-3-7(10)4-2-6/h1-4H,5H2. The van der Waals surface area contributed by atoms with Crippen molar-refractivity contribution in [3.8, 4) is 0 Å². The highest BCUT2D eigenvalue weighted by Crippen LogP contribution is 2.07. The minimum atomic E-state index is -0.285. The van der Waals surface area contributed by atoms with Crippen LogP contribution in [0.2, 0.25) is 0 Å². The highest BCUT2D eigenvalue weighted by atomic mass is 35.5. The topological polar surface area (TPSA) is 12.5 Å². The molecule has 0 bridgehead atoms. The maximum Gasteiger partial charge on any atom is 0.123 e. The van der Waals surface area contributed by atoms with Crippen molar-refractivity contribution in [1.29, 1.82) is 0 Å². The molecule has 1 aromatic carbocycles. The van der Waals surface area contributed by atoms with Crippen LogP contribution in [0, 0.1) is 5.82 Å². The lowest BCUT2D eigenvalue weighted by Gasteiger charge is -2.04. The fraction of sp³-hybridized carbons (Fsp3) is 0.143. The second kappa shape index (κ2) is 4.62. The van der Waals surface area contributed by atoms with Crippen LogP contribution in [0.1, 0.15) is 5.56 Å². The minimum absolute atomic E-state index is 0.216. The summed E-state index contributed by atoms with van der Waals surface area (Å²) >= 11 is 10.3. The Morgan fingerprint density at radius 1 is 1.25 bits per heavy atom. The average molecular weight is 210 g/mol. The Kier molecular flexibility index (Phi) is 3.75. The third kappa shape index (κ3) is 3.36. The summed E-state index contributed by atoms with van der Waals surface area (Å²) in [6.45, 7) is 0.216. The molecule has 1 rings (SSSR count). The number of hydrogen-bond donors (Lipinski definition) is 0. The maximum atomic E-state index is 12.4. The highest BCUT2D eigenvalue weighted by Gasteiger charge is 1.97. The molecule has 0 heterocycles. The number of rotatable bonds is 3. The first-order valence-electron chi connectivity index (χ1n) is 3.17. The Bertz CT molecular complexity index is 240. The van der Waals surface area contributed by atoms with E-state index in [-0.39, 0.29) is 12.4 Å². The largest absolute Gasteiger partial charge is 0.264 e. The van der Waals surface area contributed by atoms with E-state index in [1.54, 1.807) is 12.1 Å². The zero-order valence-electron chi connectivity index (χ0n) is 6.01. The van der Waals surface area contributed by atoms with Gasteiger partial charge in [-0.1, -0.05) is 12.1 Å². The quantitative estimate of drug-likeness (QED) is 0.561. The highest BCUT2D eigenvalue weighted by molar-refractivity contribution is 6.32. The lowest BCUT2D eigenvalue weighted by Crippen LogP contribution is -1.99. The Hall–Kier alpha value is -0.350. The predicted molar refractivity (Wildman–Crippen MR) is 44.7 cm³/mol. The summed E-state index contributed by atoms with van der Waals surface area (Å²) in [6.07, 6.45) is 0. The fourth-order valence-corrected chi connectivity index (χ4v) is 0.802. The third-order valence-electron chi connectivity index (χ3n) is 1.24. The first kappa shape index (κ1) is 9.74. The summed E-state index contributed by atoms with van der Waals surface area (Å²) < 4.78 is 12.9. The van der Waals surface area contributed by atoms with E-state index in [9.17, 15) is 4.39 Å². The molecule has 5 heteroatoms. The molecule has 1 aromatic rings. The summed E-state index contributed by atoms with van der Waals surface area (Å²) in [5.41, 5.74) is 0.794. The van der Waals surface area contributed by atoms with Gasteiger partial charge < -0.3 is 0 Å². The second-order valence-electron chi connectivity index (χ2n) is 2.10. The van der Waals surface area contributed by atoms with Crippen molar-refractivity contribution >= 4 is 23.6 Å². The fourth-order valence-electron chi connectivity index (χ4n) is 0.704. The van der Waals surface area contributed by atoms with Crippen molar-refractivity contribution in [3.63, 3.8) is 0 Å². The molecule has 0 aliphatic rings. The Morgan fingerprint density at radius 3 is 2.33 bits per heavy atom. The Balaban J connectivity index is 2.48. The van der Waals surface area contributed by atoms with E-state index in [1.807, 2.05) is 0 Å². The molecule has 2 nitrogen and oxygen atoms in total. The smallest absolute Gasteiger partial charge is 0.123 e. The van der Waals surface area contributed by atoms with Gasteiger partial charge in [0.15, 0.2) is 0 Å². The normalized spacial score (nSPS) is 10.7. The lowest BCUT2D eigenvalue weighted by atomic mass is 10.2. The van der Waals surface area contributed by atoms with Gasteiger partial charge in [0.2, 0.25) is 0 Å². The molecule has 0 radical (unpaired) electrons. The van der Waals surface area contributed by atoms with Crippen LogP contribution in [0.4, 0.5) is 4.39 Å². The van der Waals surface area contributed by atoms with E-state index in [2.05, 4.69) is 0 Å². The number of halogens is 3. The van der Waals surface area contributed by atoms with Crippen molar-refractivity contribution in [2.75, 3.05) is 0 Å². The molecule has 12 heavy (non-hydrogen) atoms. The van der Waals surface area contributed by atoms with Gasteiger partial charge in [-0.3, -0.25) is 4.84 Å². The van der Waals surface area contributed by atoms with Gasteiger partial charge in [-0.25, -0.2) is 4.39 Å². The Labute approximate surface area is 79.6 Å². The minimum Gasteiger partial charge on any atom is -0.264 e. The van der Waals surface area contributed by atoms with Crippen LogP contribution in [0.3, 0.4) is 0 Å². The van der Waals surface area contributed by atoms with Gasteiger partial charge in [-0.2, -0.15) is 0 Å². The van der Waals surface area contributed by atoms with Crippen molar-refractivity contribution < 1.29 is 9.23 Å². The molecule has 0 saturated carbocycles. The summed E-state index contributed by atoms with van der Waals surface area (Å²) in [5, 5.41) is 0. The Morgan fingerprint density at radius 2 is 1.83 bits per heavy atom. The molecule has 0 atom stereocenters. The van der Waals surface area contributed by atoms with Crippen LogP contribution in [-0.2, 0) is 11.4 Å². The van der Waals surface area contributed by atoms with Crippen LogP contribution >= 0.6 is 23.6 Å². The van der Waals surface area contributed by atoms with Crippen LogP contribution in [-0.4, -0.2) is 4.10 Å². The van der Waals surface area contributed by atoms with Gasteiger partial charge in [-0.15, -0.1) is 0 Å². The molecule has 0 unspecified atom stereocenters. The molecular formula is C7H6Cl2FNO. The monoisotopic (exact) mass is 209 g/mol. The maximum absolute atomic E-state index is 12.4. The number of hydrogen-bond acceptors (Lipinski definition) is 2. The van der Waals surface area contributed by atoms with Gasteiger partial charge >= 0.3 is 0 Å². The zero-order chi connectivity index (χ0) is 8.97. The molecule has 0 aliphatic carbocycles. The molecule has 0 N–H and O–H groups in total. The van der Waals surface area contributed by atoms with Gasteiger partial charge in [0.1, 0.15) is 5.82 Å². The first-order chi connectivity index (χ1) is 5.68. The number of benzene rings is 1. The van der Waals surface area contributed by atoms with E-state index < -0.39 is 0 Å². The molecule has 0 fully saturated rings. The van der Waals surface area contributed by atoms with Crippen molar-refractivity contribution in [3.05, 3.63) is 35.6 Å². The van der Waals surface area contributed by atoms with Crippen LogP contribution in [0.5, 0.6) is 0 Å². The molecule has 0 aliphatic heterocycles. The van der Waals surface area contributed by atoms with Crippen LogP contribution in [0.15, 0.2) is 24.3 Å². The van der Waals surface area contributed by atoms with Gasteiger partial charge in [0, 0.05) is 23.6 Å². The first-order valence-corrected chi connectivity index (χ1v) is 3.85. The molecular weight excluding hydrogens is 204 g/mol. The predicted octanol–water partition coefficient (Wildman–Crippen LogP) is 2.87. The van der Waals surface area contributed by atoms with Crippen molar-refractivity contribution in [2.45, 2.75) is 6.61 Å². The van der Waals surface area contributed by atoms with Crippen molar-refractivity contribution in [2.24, 2.45) is 0 Å². The van der Waals surface area contributed by atoms with Crippen LogP contribution in [0.25, 0.3) is 0 Å². The van der Waals surface area contributed by atoms with E-state index in [0.29, 0.717) is 4.10 Å². The van der Waals surface area contributed by atoms with Gasteiger partial charge in [0.25, 0.3) is 0 Å². The third-order valence-corrected chi connectivity index (χ3v) is 1.44. The summed E-state index contributed by atoms with van der Waals surface area (Å²) in [5.74, 6) is -0.285. The molecule has 66 valence electrons. The van der Waals surface area contributed by atoms with Crippen LogP contribution < -0.4 is 0 Å². The van der Waals surface area contributed by atoms with E-state index in [0.717, 1.165) is 5.56 Å². The van der Waals surface area contributed by atoms with E-state index in [1.165, 1.54) is 12.1 Å². The molecule has 0 amide bonds. The molecule has 0 spiro atoms. The second-order valence-corrected chi connectivity index (χ2v) is 2.89. The average Bonchev–Trinajstić information content (AvgIpc) is 2.03. The molecule has 0 aromatic heterocycles. The lowest BCUT2D eigenvalue weighted by molar-refractivity contribution is -0.0259. The number of nitrogens with zero attached hydrogens (tertiary/aromatic N) is 1. The van der Waals surface area contributed by atoms with E-state index in [4.69, 9.17) is 28.4 Å². The molecule has 0 saturated heterocycles. The summed E-state index contributed by atoms with van der Waals surface area (Å²) in [4.78, 5) is 4.71. The van der Waals surface area contributed by atoms with E-state index >= 15 is 0 Å². The van der Waals surface area contributed by atoms with Crippen molar-refractivity contribution in [1.82, 2.24) is 4.10 Å². The van der Waals surface area contributed by atoms with Gasteiger partial charge in [-0.05, 0) is 21.8 Å². The summed E-state index contributed by atoms with van der Waals surface area (Å²) in [7, 11) is 0. The van der Waals surface area contributed by atoms with Gasteiger partial charge in [0.05, 0.1) is 6.61 Å².